The number of benzene rings is 1. The Morgan fingerprint density at radius 1 is 1.38 bits per heavy atom. The van der Waals surface area contributed by atoms with Gasteiger partial charge in [0.2, 0.25) is 6.79 Å². The van der Waals surface area contributed by atoms with E-state index in [1.54, 1.807) is 0 Å². The maximum Gasteiger partial charge on any atom is 0.231 e. The van der Waals surface area contributed by atoms with Gasteiger partial charge in [0.05, 0.1) is 5.36 Å². The lowest BCUT2D eigenvalue weighted by Crippen LogP contribution is -2.42. The molecule has 1 aromatic rings. The lowest BCUT2D eigenvalue weighted by atomic mass is 10.2. The van der Waals surface area contributed by atoms with Gasteiger partial charge >= 0.3 is 0 Å². The highest BCUT2D eigenvalue weighted by Gasteiger charge is 2.20. The van der Waals surface area contributed by atoms with E-state index in [4.69, 9.17) is 9.47 Å². The Labute approximate surface area is 92.2 Å². The summed E-state index contributed by atoms with van der Waals surface area (Å²) in [5, 5.41) is 12.6. The van der Waals surface area contributed by atoms with Crippen LogP contribution in [0.4, 0.5) is 0 Å². The molecular formula is C11H12N2O3. The highest BCUT2D eigenvalue weighted by atomic mass is 16.7. The molecule has 0 amide bonds. The Morgan fingerprint density at radius 3 is 2.81 bits per heavy atom. The number of nitrogens with zero attached hydrogens (tertiary/aromatic N) is 2. The van der Waals surface area contributed by atoms with Gasteiger partial charge in [-0.3, -0.25) is 10.2 Å². The van der Waals surface area contributed by atoms with Gasteiger partial charge in [-0.1, -0.05) is 0 Å². The predicted molar refractivity (Wildman–Crippen MR) is 55.5 cm³/mol. The molecule has 5 nitrogen and oxygen atoms in total. The molecule has 1 atom stereocenters. The second kappa shape index (κ2) is 3.12. The van der Waals surface area contributed by atoms with Crippen molar-refractivity contribution < 1.29 is 14.7 Å². The van der Waals surface area contributed by atoms with Crippen LogP contribution in [0.1, 0.15) is 13.8 Å². The van der Waals surface area contributed by atoms with Gasteiger partial charge in [-0.15, -0.1) is 0 Å². The normalized spacial score (nSPS) is 21.8. The molecule has 3 rings (SSSR count). The zero-order chi connectivity index (χ0) is 11.3. The van der Waals surface area contributed by atoms with Gasteiger partial charge in [-0.2, -0.15) is 0 Å². The van der Waals surface area contributed by atoms with E-state index in [2.05, 4.69) is 4.99 Å². The summed E-state index contributed by atoms with van der Waals surface area (Å²) in [6.45, 7) is 3.93. The molecule has 2 heterocycles. The Hall–Kier alpha value is -1.75. The Balaban J connectivity index is 2.35. The Morgan fingerprint density at radius 2 is 2.06 bits per heavy atom. The number of hydroxylamine groups is 2. The molecule has 0 radical (unpaired) electrons. The third-order valence-electron chi connectivity index (χ3n) is 2.90. The number of fused-ring (bicyclic) bond motifs is 2. The Bertz CT molecular complexity index is 567. The Kier molecular flexibility index (Phi) is 1.85. The van der Waals surface area contributed by atoms with Gasteiger partial charge in [-0.25, -0.2) is 5.06 Å². The summed E-state index contributed by atoms with van der Waals surface area (Å²) < 4.78 is 10.6. The molecule has 0 aromatic heterocycles. The first-order valence-electron chi connectivity index (χ1n) is 5.13. The van der Waals surface area contributed by atoms with E-state index in [1.807, 2.05) is 26.0 Å². The highest BCUT2D eigenvalue weighted by molar-refractivity contribution is 5.48. The van der Waals surface area contributed by atoms with E-state index in [1.165, 1.54) is 0 Å². The first-order chi connectivity index (χ1) is 7.66. The molecule has 1 unspecified atom stereocenters. The third-order valence-corrected chi connectivity index (χ3v) is 2.90. The number of hydrogen-bond acceptors (Lipinski definition) is 5. The number of rotatable bonds is 0. The highest BCUT2D eigenvalue weighted by Crippen LogP contribution is 2.28. The van der Waals surface area contributed by atoms with E-state index in [0.717, 1.165) is 21.3 Å². The fourth-order valence-electron chi connectivity index (χ4n) is 1.99. The average molecular weight is 220 g/mol. The van der Waals surface area contributed by atoms with Crippen molar-refractivity contribution in [1.29, 1.82) is 0 Å². The van der Waals surface area contributed by atoms with Crippen LogP contribution < -0.4 is 20.0 Å². The summed E-state index contributed by atoms with van der Waals surface area (Å²) >= 11 is 0. The van der Waals surface area contributed by atoms with Crippen LogP contribution in [-0.2, 0) is 0 Å². The molecule has 0 fully saturated rings. The first kappa shape index (κ1) is 9.47. The smallest absolute Gasteiger partial charge is 0.231 e. The van der Waals surface area contributed by atoms with E-state index >= 15 is 0 Å². The van der Waals surface area contributed by atoms with Crippen LogP contribution in [0.25, 0.3) is 5.70 Å². The van der Waals surface area contributed by atoms with E-state index in [9.17, 15) is 5.21 Å². The summed E-state index contributed by atoms with van der Waals surface area (Å²) in [4.78, 5) is 4.37. The lowest BCUT2D eigenvalue weighted by Gasteiger charge is -2.25. The molecule has 0 aliphatic carbocycles. The quantitative estimate of drug-likeness (QED) is 0.679. The monoisotopic (exact) mass is 220 g/mol. The molecule has 2 aliphatic rings. The summed E-state index contributed by atoms with van der Waals surface area (Å²) in [6.07, 6.45) is -0.270. The topological polar surface area (TPSA) is 54.3 Å². The number of ether oxygens (including phenoxy) is 2. The molecule has 1 N–H and O–H groups in total. The molecule has 0 saturated carbocycles. The van der Waals surface area contributed by atoms with Crippen LogP contribution in [0, 0.1) is 0 Å². The number of hydrogen-bond donors (Lipinski definition) is 1. The second-order valence-corrected chi connectivity index (χ2v) is 3.91. The molecule has 0 saturated heterocycles. The molecule has 5 heteroatoms. The van der Waals surface area contributed by atoms with Gasteiger partial charge in [0.25, 0.3) is 0 Å². The van der Waals surface area contributed by atoms with Crippen molar-refractivity contribution in [1.82, 2.24) is 5.06 Å². The van der Waals surface area contributed by atoms with Crippen LogP contribution >= 0.6 is 0 Å². The largest absolute Gasteiger partial charge is 0.454 e. The van der Waals surface area contributed by atoms with Crippen LogP contribution in [0.5, 0.6) is 11.5 Å². The fourth-order valence-corrected chi connectivity index (χ4v) is 1.99. The summed E-state index contributed by atoms with van der Waals surface area (Å²) in [7, 11) is 0. The first-order valence-corrected chi connectivity index (χ1v) is 5.13. The minimum atomic E-state index is -0.270. The predicted octanol–water partition coefficient (Wildman–Crippen LogP) is 0.214. The summed E-state index contributed by atoms with van der Waals surface area (Å²) in [5.41, 5.74) is 0.774. The zero-order valence-electron chi connectivity index (χ0n) is 9.10. The molecular weight excluding hydrogens is 208 g/mol. The second-order valence-electron chi connectivity index (χ2n) is 3.91. The maximum absolute atomic E-state index is 9.77. The van der Waals surface area contributed by atoms with Crippen molar-refractivity contribution in [2.24, 2.45) is 4.99 Å². The molecule has 16 heavy (non-hydrogen) atoms. The molecule has 0 bridgehead atoms. The van der Waals surface area contributed by atoms with Crippen molar-refractivity contribution >= 4 is 5.70 Å². The van der Waals surface area contributed by atoms with Crippen molar-refractivity contribution in [3.8, 4) is 11.5 Å². The van der Waals surface area contributed by atoms with E-state index < -0.39 is 0 Å². The lowest BCUT2D eigenvalue weighted by molar-refractivity contribution is -0.0631. The molecule has 0 spiro atoms. The van der Waals surface area contributed by atoms with Gasteiger partial charge in [-0.05, 0) is 19.9 Å². The fraction of sp³-hybridized carbons (Fsp3) is 0.364. The summed E-state index contributed by atoms with van der Waals surface area (Å²) in [5.74, 6) is 1.42. The van der Waals surface area contributed by atoms with E-state index in [-0.39, 0.29) is 13.0 Å². The zero-order valence-corrected chi connectivity index (χ0v) is 9.10. The molecule has 1 aromatic carbocycles. The minimum Gasteiger partial charge on any atom is -0.454 e. The SMILES string of the molecule is CC1=c2cc3c(cc2=NC(C)N1O)OCO3. The van der Waals surface area contributed by atoms with Gasteiger partial charge in [0, 0.05) is 17.0 Å². The molecule has 84 valence electrons. The molecule has 2 aliphatic heterocycles. The van der Waals surface area contributed by atoms with E-state index in [0.29, 0.717) is 11.5 Å². The van der Waals surface area contributed by atoms with Crippen LogP contribution in [0.2, 0.25) is 0 Å². The minimum absolute atomic E-state index is 0.246. The van der Waals surface area contributed by atoms with Crippen LogP contribution in [0.15, 0.2) is 17.1 Å². The van der Waals surface area contributed by atoms with Crippen LogP contribution in [-0.4, -0.2) is 23.2 Å². The van der Waals surface area contributed by atoms with Crippen molar-refractivity contribution in [2.45, 2.75) is 20.0 Å². The maximum atomic E-state index is 9.77. The third kappa shape index (κ3) is 1.18. The van der Waals surface area contributed by atoms with Crippen molar-refractivity contribution in [3.05, 3.63) is 22.7 Å². The van der Waals surface area contributed by atoms with Crippen molar-refractivity contribution in [3.63, 3.8) is 0 Å². The van der Waals surface area contributed by atoms with Gasteiger partial charge in [0.1, 0.15) is 6.17 Å². The van der Waals surface area contributed by atoms with Crippen LogP contribution in [0.3, 0.4) is 0 Å². The van der Waals surface area contributed by atoms with Crippen molar-refractivity contribution in [2.75, 3.05) is 6.79 Å². The average Bonchev–Trinajstić information content (AvgIpc) is 2.71. The standard InChI is InChI=1S/C11H12N2O3/c1-6-8-3-10-11(16-5-15-10)4-9(8)12-7(2)13(6)14/h3-4,7,14H,5H2,1-2H3. The van der Waals surface area contributed by atoms with Gasteiger partial charge in [0.15, 0.2) is 11.5 Å². The summed E-state index contributed by atoms with van der Waals surface area (Å²) in [6, 6.07) is 3.70. The van der Waals surface area contributed by atoms with Gasteiger partial charge < -0.3 is 9.47 Å².